The van der Waals surface area contributed by atoms with Crippen LogP contribution in [0, 0.1) is 6.92 Å². The quantitative estimate of drug-likeness (QED) is 0.699. The summed E-state index contributed by atoms with van der Waals surface area (Å²) >= 11 is 0. The van der Waals surface area contributed by atoms with Crippen molar-refractivity contribution in [2.45, 2.75) is 13.8 Å². The third-order valence-corrected chi connectivity index (χ3v) is 3.63. The van der Waals surface area contributed by atoms with Crippen LogP contribution < -0.4 is 15.4 Å². The van der Waals surface area contributed by atoms with Crippen LogP contribution in [-0.2, 0) is 0 Å². The van der Waals surface area contributed by atoms with Crippen molar-refractivity contribution < 1.29 is 9.53 Å². The molecule has 0 saturated carbocycles. The molecule has 0 unspecified atom stereocenters. The number of aromatic nitrogens is 2. The van der Waals surface area contributed by atoms with Gasteiger partial charge in [-0.2, -0.15) is 0 Å². The fourth-order valence-corrected chi connectivity index (χ4v) is 2.29. The molecule has 1 heterocycles. The third-order valence-electron chi connectivity index (χ3n) is 3.63. The highest BCUT2D eigenvalue weighted by molar-refractivity contribution is 6.02. The van der Waals surface area contributed by atoms with E-state index in [0.717, 1.165) is 11.4 Å². The smallest absolute Gasteiger partial charge is 0.275 e. The lowest BCUT2D eigenvalue weighted by Crippen LogP contribution is -2.14. The molecule has 26 heavy (non-hydrogen) atoms. The highest BCUT2D eigenvalue weighted by Gasteiger charge is 2.09. The minimum Gasteiger partial charge on any atom is -0.494 e. The van der Waals surface area contributed by atoms with Crippen molar-refractivity contribution in [3.63, 3.8) is 0 Å². The lowest BCUT2D eigenvalue weighted by atomic mass is 10.2. The summed E-state index contributed by atoms with van der Waals surface area (Å²) in [6, 6.07) is 15.1. The fraction of sp³-hybridized carbons (Fsp3) is 0.150. The predicted molar refractivity (Wildman–Crippen MR) is 102 cm³/mol. The number of benzene rings is 2. The van der Waals surface area contributed by atoms with Crippen LogP contribution in [0.15, 0.2) is 60.9 Å². The Morgan fingerprint density at radius 1 is 0.962 bits per heavy atom. The van der Waals surface area contributed by atoms with E-state index in [0.29, 0.717) is 18.1 Å². The maximum atomic E-state index is 12.3. The Hall–Kier alpha value is -3.41. The van der Waals surface area contributed by atoms with Crippen LogP contribution in [-0.4, -0.2) is 22.5 Å². The van der Waals surface area contributed by atoms with Crippen LogP contribution in [0.4, 0.5) is 17.2 Å². The van der Waals surface area contributed by atoms with Gasteiger partial charge in [0.05, 0.1) is 19.0 Å². The first-order valence-corrected chi connectivity index (χ1v) is 8.34. The lowest BCUT2D eigenvalue weighted by Gasteiger charge is -2.08. The van der Waals surface area contributed by atoms with Gasteiger partial charge in [-0.1, -0.05) is 17.7 Å². The molecule has 0 spiro atoms. The number of aryl methyl sites for hydroxylation is 1. The second-order valence-electron chi connectivity index (χ2n) is 5.69. The first kappa shape index (κ1) is 17.4. The van der Waals surface area contributed by atoms with Crippen LogP contribution in [0.2, 0.25) is 0 Å². The Morgan fingerprint density at radius 2 is 1.65 bits per heavy atom. The van der Waals surface area contributed by atoms with Crippen LogP contribution in [0.5, 0.6) is 5.75 Å². The summed E-state index contributed by atoms with van der Waals surface area (Å²) < 4.78 is 5.38. The molecule has 0 radical (unpaired) electrons. The number of anilines is 3. The molecule has 0 aliphatic heterocycles. The summed E-state index contributed by atoms with van der Waals surface area (Å²) in [5, 5.41) is 5.93. The second-order valence-corrected chi connectivity index (χ2v) is 5.69. The van der Waals surface area contributed by atoms with Gasteiger partial charge < -0.3 is 15.4 Å². The first-order chi connectivity index (χ1) is 12.6. The topological polar surface area (TPSA) is 76.1 Å². The molecule has 2 aromatic carbocycles. The Bertz CT molecular complexity index is 860. The van der Waals surface area contributed by atoms with Gasteiger partial charge in [0.1, 0.15) is 17.3 Å². The van der Waals surface area contributed by atoms with E-state index in [1.165, 1.54) is 18.0 Å². The number of carbonyl (C=O) groups is 1. The van der Waals surface area contributed by atoms with Crippen LogP contribution in [0.3, 0.4) is 0 Å². The largest absolute Gasteiger partial charge is 0.494 e. The molecule has 6 heteroatoms. The van der Waals surface area contributed by atoms with Crippen LogP contribution >= 0.6 is 0 Å². The number of rotatable bonds is 6. The molecule has 1 amide bonds. The minimum absolute atomic E-state index is 0.244. The van der Waals surface area contributed by atoms with Crippen molar-refractivity contribution >= 4 is 23.1 Å². The molecule has 6 nitrogen and oxygen atoms in total. The van der Waals surface area contributed by atoms with Gasteiger partial charge in [0.25, 0.3) is 5.91 Å². The van der Waals surface area contributed by atoms with Gasteiger partial charge in [-0.25, -0.2) is 9.97 Å². The van der Waals surface area contributed by atoms with E-state index in [-0.39, 0.29) is 11.6 Å². The summed E-state index contributed by atoms with van der Waals surface area (Å²) in [5.41, 5.74) is 3.01. The van der Waals surface area contributed by atoms with E-state index in [1.807, 2.05) is 38.1 Å². The van der Waals surface area contributed by atoms with Gasteiger partial charge in [-0.05, 0) is 50.2 Å². The zero-order valence-electron chi connectivity index (χ0n) is 14.7. The van der Waals surface area contributed by atoms with Crippen molar-refractivity contribution in [1.29, 1.82) is 0 Å². The van der Waals surface area contributed by atoms with Gasteiger partial charge in [0.2, 0.25) is 0 Å². The van der Waals surface area contributed by atoms with Gasteiger partial charge in [-0.15, -0.1) is 0 Å². The molecule has 0 aliphatic rings. The third kappa shape index (κ3) is 4.57. The molecule has 1 aromatic heterocycles. The standard InChI is InChI=1S/C20H20N4O2/c1-3-26-17-10-8-16(9-11-17)24-20(25)18-12-22-19(13-21-18)23-15-6-4-14(2)5-7-15/h4-13H,3H2,1-2H3,(H,22,23)(H,24,25). The van der Waals surface area contributed by atoms with Crippen LogP contribution in [0.1, 0.15) is 23.0 Å². The molecule has 0 fully saturated rings. The highest BCUT2D eigenvalue weighted by atomic mass is 16.5. The maximum absolute atomic E-state index is 12.3. The summed E-state index contributed by atoms with van der Waals surface area (Å²) in [5.74, 6) is 1.02. The highest BCUT2D eigenvalue weighted by Crippen LogP contribution is 2.17. The van der Waals surface area contributed by atoms with Crippen molar-refractivity contribution in [3.8, 4) is 5.75 Å². The molecule has 0 bridgehead atoms. The summed E-state index contributed by atoms with van der Waals surface area (Å²) in [6.07, 6.45) is 2.98. The van der Waals surface area contributed by atoms with Gasteiger partial charge in [0.15, 0.2) is 0 Å². The molecule has 3 aromatic rings. The molecule has 2 N–H and O–H groups in total. The van der Waals surface area contributed by atoms with Gasteiger partial charge in [-0.3, -0.25) is 4.79 Å². The molecular formula is C20H20N4O2. The summed E-state index contributed by atoms with van der Waals surface area (Å²) in [4.78, 5) is 20.7. The Labute approximate surface area is 152 Å². The lowest BCUT2D eigenvalue weighted by molar-refractivity contribution is 0.102. The predicted octanol–water partition coefficient (Wildman–Crippen LogP) is 4.18. The van der Waals surface area contributed by atoms with E-state index in [2.05, 4.69) is 20.6 Å². The molecule has 132 valence electrons. The Kier molecular flexibility index (Phi) is 5.43. The number of amides is 1. The number of ether oxygens (including phenoxy) is 1. The normalized spacial score (nSPS) is 10.2. The number of hydrogen-bond acceptors (Lipinski definition) is 5. The van der Waals surface area contributed by atoms with Crippen LogP contribution in [0.25, 0.3) is 0 Å². The number of nitrogens with one attached hydrogen (secondary N) is 2. The first-order valence-electron chi connectivity index (χ1n) is 8.34. The Morgan fingerprint density at radius 3 is 2.27 bits per heavy atom. The maximum Gasteiger partial charge on any atom is 0.275 e. The van der Waals surface area contributed by atoms with Crippen molar-refractivity contribution in [3.05, 3.63) is 72.2 Å². The molecule has 0 atom stereocenters. The Balaban J connectivity index is 1.62. The monoisotopic (exact) mass is 348 g/mol. The average Bonchev–Trinajstić information content (AvgIpc) is 2.66. The summed E-state index contributed by atoms with van der Waals surface area (Å²) in [6.45, 7) is 4.55. The van der Waals surface area contributed by atoms with E-state index in [4.69, 9.17) is 4.74 Å². The SMILES string of the molecule is CCOc1ccc(NC(=O)c2cnc(Nc3ccc(C)cc3)cn2)cc1. The van der Waals surface area contributed by atoms with Crippen molar-refractivity contribution in [2.75, 3.05) is 17.2 Å². The minimum atomic E-state index is -0.316. The van der Waals surface area contributed by atoms with E-state index in [1.54, 1.807) is 24.3 Å². The molecular weight excluding hydrogens is 328 g/mol. The zero-order chi connectivity index (χ0) is 18.4. The average molecular weight is 348 g/mol. The van der Waals surface area contributed by atoms with Crippen molar-refractivity contribution in [1.82, 2.24) is 9.97 Å². The van der Waals surface area contributed by atoms with Gasteiger partial charge >= 0.3 is 0 Å². The van der Waals surface area contributed by atoms with Gasteiger partial charge in [0, 0.05) is 11.4 Å². The summed E-state index contributed by atoms with van der Waals surface area (Å²) in [7, 11) is 0. The number of hydrogen-bond donors (Lipinski definition) is 2. The number of nitrogens with zero attached hydrogens (tertiary/aromatic N) is 2. The second kappa shape index (κ2) is 8.11. The molecule has 0 saturated heterocycles. The number of carbonyl (C=O) groups excluding carboxylic acids is 1. The van der Waals surface area contributed by atoms with E-state index < -0.39 is 0 Å². The van der Waals surface area contributed by atoms with E-state index in [9.17, 15) is 4.79 Å². The molecule has 3 rings (SSSR count). The van der Waals surface area contributed by atoms with Crippen molar-refractivity contribution in [2.24, 2.45) is 0 Å². The fourth-order valence-electron chi connectivity index (χ4n) is 2.29. The van der Waals surface area contributed by atoms with E-state index >= 15 is 0 Å². The zero-order valence-corrected chi connectivity index (χ0v) is 14.7. The molecule has 0 aliphatic carbocycles.